The van der Waals surface area contributed by atoms with Gasteiger partial charge in [-0.05, 0) is 24.6 Å². The summed E-state index contributed by atoms with van der Waals surface area (Å²) in [5, 5.41) is 24.4. The maximum atomic E-state index is 9.94. The maximum absolute atomic E-state index is 9.94. The average molecular weight is 446 g/mol. The molecule has 2 rings (SSSR count). The van der Waals surface area contributed by atoms with Crippen LogP contribution in [0.25, 0.3) is 0 Å². The Hall–Kier alpha value is -3.39. The van der Waals surface area contributed by atoms with Crippen LogP contribution in [0.1, 0.15) is 17.0 Å². The Kier molecular flexibility index (Phi) is 10.0. The SMILES string of the molecule is COc1cc(C=NCCNC(=NCCSCc2nc[nH]c2C)NC#N)cc(OC)c1O. The number of nitriles is 1. The van der Waals surface area contributed by atoms with Crippen molar-refractivity contribution in [3.63, 3.8) is 0 Å². The van der Waals surface area contributed by atoms with Gasteiger partial charge in [0.05, 0.1) is 39.3 Å². The molecule has 10 nitrogen and oxygen atoms in total. The lowest BCUT2D eigenvalue weighted by molar-refractivity contribution is 0.340. The number of thioether (sulfide) groups is 1. The van der Waals surface area contributed by atoms with E-state index in [4.69, 9.17) is 14.7 Å². The molecule has 0 unspecified atom stereocenters. The average Bonchev–Trinajstić information content (AvgIpc) is 3.18. The number of nitrogens with zero attached hydrogens (tertiary/aromatic N) is 4. The summed E-state index contributed by atoms with van der Waals surface area (Å²) in [6.07, 6.45) is 5.24. The van der Waals surface area contributed by atoms with Crippen molar-refractivity contribution in [2.45, 2.75) is 12.7 Å². The van der Waals surface area contributed by atoms with E-state index >= 15 is 0 Å². The molecule has 0 amide bonds. The van der Waals surface area contributed by atoms with E-state index < -0.39 is 0 Å². The molecule has 1 heterocycles. The van der Waals surface area contributed by atoms with Crippen molar-refractivity contribution in [1.82, 2.24) is 20.6 Å². The number of imidazole rings is 1. The summed E-state index contributed by atoms with van der Waals surface area (Å²) >= 11 is 1.73. The molecule has 2 aromatic rings. The number of aryl methyl sites for hydroxylation is 1. The topological polar surface area (TPSA) is 140 Å². The van der Waals surface area contributed by atoms with Gasteiger partial charge in [-0.25, -0.2) is 4.98 Å². The van der Waals surface area contributed by atoms with Gasteiger partial charge in [-0.2, -0.15) is 17.0 Å². The second-order valence-electron chi connectivity index (χ2n) is 6.23. The number of aliphatic imine (C=N–C) groups is 2. The van der Waals surface area contributed by atoms with Gasteiger partial charge in [0.2, 0.25) is 11.7 Å². The molecule has 166 valence electrons. The minimum atomic E-state index is -0.0510. The van der Waals surface area contributed by atoms with Crippen LogP contribution in [-0.2, 0) is 5.75 Å². The molecule has 0 saturated carbocycles. The molecule has 0 atom stereocenters. The predicted octanol–water partition coefficient (Wildman–Crippen LogP) is 1.81. The molecule has 31 heavy (non-hydrogen) atoms. The number of benzene rings is 1. The number of ether oxygens (including phenoxy) is 2. The number of H-pyrrole nitrogens is 1. The Labute approximate surface area is 185 Å². The van der Waals surface area contributed by atoms with Crippen molar-refractivity contribution in [1.29, 1.82) is 5.26 Å². The van der Waals surface area contributed by atoms with E-state index in [0.717, 1.165) is 28.5 Å². The molecule has 1 aromatic carbocycles. The lowest BCUT2D eigenvalue weighted by atomic mass is 10.2. The van der Waals surface area contributed by atoms with E-state index in [1.165, 1.54) is 14.2 Å². The number of hydrogen-bond acceptors (Lipinski definition) is 8. The highest BCUT2D eigenvalue weighted by Gasteiger charge is 2.10. The van der Waals surface area contributed by atoms with Gasteiger partial charge >= 0.3 is 0 Å². The molecular weight excluding hydrogens is 418 g/mol. The summed E-state index contributed by atoms with van der Waals surface area (Å²) in [7, 11) is 2.94. The van der Waals surface area contributed by atoms with Crippen molar-refractivity contribution >= 4 is 23.9 Å². The third-order valence-electron chi connectivity index (χ3n) is 4.13. The molecule has 0 aliphatic carbocycles. The first-order chi connectivity index (χ1) is 15.1. The summed E-state index contributed by atoms with van der Waals surface area (Å²) in [4.78, 5) is 16.0. The van der Waals surface area contributed by atoms with Gasteiger partial charge in [-0.3, -0.25) is 15.3 Å². The number of methoxy groups -OCH3 is 2. The zero-order valence-corrected chi connectivity index (χ0v) is 18.6. The van der Waals surface area contributed by atoms with E-state index in [0.29, 0.717) is 37.1 Å². The Bertz CT molecular complexity index is 912. The second-order valence-corrected chi connectivity index (χ2v) is 7.34. The summed E-state index contributed by atoms with van der Waals surface area (Å²) in [6.45, 7) is 3.53. The molecule has 0 radical (unpaired) electrons. The van der Waals surface area contributed by atoms with E-state index in [1.807, 2.05) is 13.1 Å². The normalized spacial score (nSPS) is 11.4. The first-order valence-electron chi connectivity index (χ1n) is 9.53. The molecule has 11 heteroatoms. The van der Waals surface area contributed by atoms with Gasteiger partial charge < -0.3 is 24.9 Å². The van der Waals surface area contributed by atoms with Crippen LogP contribution in [-0.4, -0.2) is 66.9 Å². The lowest BCUT2D eigenvalue weighted by Crippen LogP contribution is -2.36. The van der Waals surface area contributed by atoms with Crippen molar-refractivity contribution in [3.8, 4) is 23.4 Å². The smallest absolute Gasteiger partial charge is 0.204 e. The van der Waals surface area contributed by atoms with Crippen molar-refractivity contribution in [2.24, 2.45) is 9.98 Å². The number of rotatable bonds is 11. The van der Waals surface area contributed by atoms with Crippen molar-refractivity contribution < 1.29 is 14.6 Å². The van der Waals surface area contributed by atoms with E-state index in [9.17, 15) is 5.11 Å². The van der Waals surface area contributed by atoms with Crippen LogP contribution < -0.4 is 20.1 Å². The number of aromatic amines is 1. The molecule has 0 saturated heterocycles. The quantitative estimate of drug-likeness (QED) is 0.135. The first-order valence-corrected chi connectivity index (χ1v) is 10.7. The van der Waals surface area contributed by atoms with E-state index in [2.05, 4.69) is 30.6 Å². The van der Waals surface area contributed by atoms with Crippen LogP contribution in [0.3, 0.4) is 0 Å². The van der Waals surface area contributed by atoms with Gasteiger partial charge in [-0.1, -0.05) is 0 Å². The molecule has 0 spiro atoms. The molecule has 0 aliphatic heterocycles. The number of guanidine groups is 1. The Morgan fingerprint density at radius 3 is 2.68 bits per heavy atom. The third kappa shape index (κ3) is 7.75. The maximum Gasteiger partial charge on any atom is 0.204 e. The van der Waals surface area contributed by atoms with E-state index in [-0.39, 0.29) is 5.75 Å². The summed E-state index contributed by atoms with van der Waals surface area (Å²) in [6, 6.07) is 3.34. The van der Waals surface area contributed by atoms with Crippen molar-refractivity contribution in [2.75, 3.05) is 39.6 Å². The van der Waals surface area contributed by atoms with Gasteiger partial charge in [0, 0.05) is 30.0 Å². The fourth-order valence-electron chi connectivity index (χ4n) is 2.51. The van der Waals surface area contributed by atoms with Crippen LogP contribution in [0.15, 0.2) is 28.4 Å². The number of nitrogens with one attached hydrogen (secondary N) is 3. The largest absolute Gasteiger partial charge is 0.502 e. The summed E-state index contributed by atoms with van der Waals surface area (Å²) in [5.74, 6) is 2.62. The van der Waals surface area contributed by atoms with Gasteiger partial charge in [0.15, 0.2) is 17.7 Å². The molecule has 0 aliphatic rings. The van der Waals surface area contributed by atoms with Crippen LogP contribution in [0, 0.1) is 18.4 Å². The monoisotopic (exact) mass is 445 g/mol. The molecule has 1 aromatic heterocycles. The standard InChI is InChI=1S/C20H27N7O3S/c1-14-16(27-13-26-14)11-31-7-6-24-20(25-12-21)23-5-4-22-10-15-8-17(29-2)19(28)18(9-15)30-3/h8-10,13,28H,4-7,11H2,1-3H3,(H,26,27)(H2,23,24,25). The Balaban J connectivity index is 1.77. The number of phenolic OH excluding ortho intramolecular Hbond substituents is 1. The van der Waals surface area contributed by atoms with Gasteiger partial charge in [0.1, 0.15) is 0 Å². The highest BCUT2D eigenvalue weighted by atomic mass is 32.2. The fraction of sp³-hybridized carbons (Fsp3) is 0.400. The zero-order chi connectivity index (χ0) is 22.5. The highest BCUT2D eigenvalue weighted by Crippen LogP contribution is 2.36. The Morgan fingerprint density at radius 1 is 1.32 bits per heavy atom. The van der Waals surface area contributed by atoms with Gasteiger partial charge in [-0.15, -0.1) is 0 Å². The molecule has 4 N–H and O–H groups in total. The minimum absolute atomic E-state index is 0.0510. The fourth-order valence-corrected chi connectivity index (χ4v) is 3.36. The number of phenols is 1. The minimum Gasteiger partial charge on any atom is -0.502 e. The van der Waals surface area contributed by atoms with Crippen LogP contribution >= 0.6 is 11.8 Å². The third-order valence-corrected chi connectivity index (χ3v) is 5.08. The number of aromatic nitrogens is 2. The lowest BCUT2D eigenvalue weighted by Gasteiger charge is -2.09. The number of aromatic hydroxyl groups is 1. The van der Waals surface area contributed by atoms with E-state index in [1.54, 1.807) is 36.4 Å². The van der Waals surface area contributed by atoms with Crippen LogP contribution in [0.2, 0.25) is 0 Å². The molecule has 0 bridgehead atoms. The summed E-state index contributed by atoms with van der Waals surface area (Å²) in [5.41, 5.74) is 2.86. The molecule has 0 fully saturated rings. The predicted molar refractivity (Wildman–Crippen MR) is 122 cm³/mol. The molecular formula is C20H27N7O3S. The highest BCUT2D eigenvalue weighted by molar-refractivity contribution is 7.98. The zero-order valence-electron chi connectivity index (χ0n) is 17.8. The van der Waals surface area contributed by atoms with Crippen LogP contribution in [0.5, 0.6) is 17.2 Å². The first kappa shape index (κ1) is 23.9. The van der Waals surface area contributed by atoms with Crippen LogP contribution in [0.4, 0.5) is 0 Å². The second kappa shape index (κ2) is 13.0. The number of hydrogen-bond donors (Lipinski definition) is 4. The van der Waals surface area contributed by atoms with Crippen molar-refractivity contribution in [3.05, 3.63) is 35.4 Å². The summed E-state index contributed by atoms with van der Waals surface area (Å²) < 4.78 is 10.3. The Morgan fingerprint density at radius 2 is 2.06 bits per heavy atom. The van der Waals surface area contributed by atoms with Gasteiger partial charge in [0.25, 0.3) is 0 Å².